The summed E-state index contributed by atoms with van der Waals surface area (Å²) in [5.41, 5.74) is 2.05. The van der Waals surface area contributed by atoms with Crippen LogP contribution in [0.3, 0.4) is 0 Å². The minimum atomic E-state index is -1.22. The first-order valence-corrected chi connectivity index (χ1v) is 11.5. The Morgan fingerprint density at radius 2 is 1.50 bits per heavy atom. The van der Waals surface area contributed by atoms with E-state index in [1.165, 1.54) is 5.19 Å². The number of hydrogen-bond donors (Lipinski definition) is 0. The fourth-order valence-electron chi connectivity index (χ4n) is 1.79. The van der Waals surface area contributed by atoms with Crippen molar-refractivity contribution in [1.82, 2.24) is 0 Å². The van der Waals surface area contributed by atoms with Crippen LogP contribution in [0.2, 0.25) is 19.6 Å². The lowest BCUT2D eigenvalue weighted by Crippen LogP contribution is -2.37. The number of benzene rings is 2. The van der Waals surface area contributed by atoms with Crippen LogP contribution in [0.5, 0.6) is 0 Å². The predicted octanol–water partition coefficient (Wildman–Crippen LogP) is 5.16. The molecule has 0 spiro atoms. The van der Waals surface area contributed by atoms with E-state index in [0.29, 0.717) is 0 Å². The molecule has 0 fully saturated rings. The van der Waals surface area contributed by atoms with Crippen molar-refractivity contribution in [2.45, 2.75) is 19.6 Å². The minimum Gasteiger partial charge on any atom is -0.0656 e. The molecule has 0 radical (unpaired) electrons. The van der Waals surface area contributed by atoms with Crippen LogP contribution >= 0.6 is 31.9 Å². The molecule has 0 atom stereocenters. The Balaban J connectivity index is 2.27. The SMILES string of the molecule is C[Si](C)(C)c1ccc(C#Cc2cc(Br)ccc2Br)cc1. The molecule has 0 bridgehead atoms. The van der Waals surface area contributed by atoms with Crippen molar-refractivity contribution in [1.29, 1.82) is 0 Å². The number of hydrogen-bond acceptors (Lipinski definition) is 0. The van der Waals surface area contributed by atoms with Gasteiger partial charge >= 0.3 is 0 Å². The van der Waals surface area contributed by atoms with Gasteiger partial charge in [0.2, 0.25) is 0 Å². The molecular weight excluding hydrogens is 392 g/mol. The van der Waals surface area contributed by atoms with Crippen LogP contribution in [-0.2, 0) is 0 Å². The van der Waals surface area contributed by atoms with Gasteiger partial charge in [0, 0.05) is 20.1 Å². The smallest absolute Gasteiger partial charge is 0.0656 e. The summed E-state index contributed by atoms with van der Waals surface area (Å²) in [4.78, 5) is 0. The maximum Gasteiger partial charge on any atom is 0.0775 e. The molecule has 0 unspecified atom stereocenters. The highest BCUT2D eigenvalue weighted by Gasteiger charge is 2.15. The van der Waals surface area contributed by atoms with Gasteiger partial charge in [-0.1, -0.05) is 64.7 Å². The number of halogens is 2. The summed E-state index contributed by atoms with van der Waals surface area (Å²) >= 11 is 6.99. The molecular formula is C17H16Br2Si. The van der Waals surface area contributed by atoms with Crippen molar-refractivity contribution in [3.05, 3.63) is 62.5 Å². The molecule has 20 heavy (non-hydrogen) atoms. The van der Waals surface area contributed by atoms with E-state index in [2.05, 4.69) is 87.6 Å². The van der Waals surface area contributed by atoms with E-state index in [-0.39, 0.29) is 0 Å². The van der Waals surface area contributed by atoms with Crippen LogP contribution in [0.4, 0.5) is 0 Å². The van der Waals surface area contributed by atoms with Crippen molar-refractivity contribution >= 4 is 45.1 Å². The molecule has 0 heterocycles. The summed E-state index contributed by atoms with van der Waals surface area (Å²) in [6.45, 7) is 7.06. The molecule has 0 aliphatic carbocycles. The first-order valence-electron chi connectivity index (χ1n) is 6.44. The molecule has 2 aromatic carbocycles. The topological polar surface area (TPSA) is 0 Å². The molecule has 0 nitrogen and oxygen atoms in total. The van der Waals surface area contributed by atoms with Crippen LogP contribution in [0.25, 0.3) is 0 Å². The van der Waals surface area contributed by atoms with E-state index < -0.39 is 8.07 Å². The maximum atomic E-state index is 3.52. The Morgan fingerprint density at radius 3 is 2.10 bits per heavy atom. The lowest BCUT2D eigenvalue weighted by atomic mass is 10.2. The molecule has 2 rings (SSSR count). The molecule has 0 aromatic heterocycles. The average Bonchev–Trinajstić information content (AvgIpc) is 2.39. The van der Waals surface area contributed by atoms with Crippen molar-refractivity contribution in [3.8, 4) is 11.8 Å². The minimum absolute atomic E-state index is 0.994. The van der Waals surface area contributed by atoms with Crippen molar-refractivity contribution < 1.29 is 0 Å². The molecule has 0 aliphatic rings. The molecule has 0 amide bonds. The van der Waals surface area contributed by atoms with E-state index >= 15 is 0 Å². The van der Waals surface area contributed by atoms with Crippen LogP contribution in [0, 0.1) is 11.8 Å². The highest BCUT2D eigenvalue weighted by Crippen LogP contribution is 2.20. The zero-order chi connectivity index (χ0) is 14.8. The van der Waals surface area contributed by atoms with Crippen molar-refractivity contribution in [3.63, 3.8) is 0 Å². The first-order chi connectivity index (χ1) is 9.36. The third kappa shape index (κ3) is 4.08. The second-order valence-corrected chi connectivity index (χ2v) is 12.5. The van der Waals surface area contributed by atoms with Gasteiger partial charge < -0.3 is 0 Å². The van der Waals surface area contributed by atoms with Gasteiger partial charge in [0.15, 0.2) is 0 Å². The second kappa shape index (κ2) is 6.30. The summed E-state index contributed by atoms with van der Waals surface area (Å²) in [7, 11) is -1.22. The van der Waals surface area contributed by atoms with Gasteiger partial charge in [-0.15, -0.1) is 0 Å². The van der Waals surface area contributed by atoms with Crippen molar-refractivity contribution in [2.24, 2.45) is 0 Å². The van der Waals surface area contributed by atoms with Crippen molar-refractivity contribution in [2.75, 3.05) is 0 Å². The predicted molar refractivity (Wildman–Crippen MR) is 97.2 cm³/mol. The third-order valence-electron chi connectivity index (χ3n) is 3.02. The normalized spacial score (nSPS) is 10.8. The van der Waals surface area contributed by atoms with E-state index in [0.717, 1.165) is 20.1 Å². The second-order valence-electron chi connectivity index (χ2n) is 5.70. The molecule has 0 aliphatic heterocycles. The van der Waals surface area contributed by atoms with Gasteiger partial charge in [0.1, 0.15) is 0 Å². The van der Waals surface area contributed by atoms with Crippen LogP contribution < -0.4 is 5.19 Å². The van der Waals surface area contributed by atoms with E-state index in [1.54, 1.807) is 0 Å². The molecule has 0 N–H and O–H groups in total. The molecule has 2 aromatic rings. The zero-order valence-corrected chi connectivity index (χ0v) is 16.0. The Kier molecular flexibility index (Phi) is 4.90. The standard InChI is InChI=1S/C17H16Br2Si/c1-20(2,3)16-9-5-13(6-10-16)4-7-14-12-15(18)8-11-17(14)19/h5-6,8-12H,1-3H3. The van der Waals surface area contributed by atoms with Crippen LogP contribution in [0.1, 0.15) is 11.1 Å². The fourth-order valence-corrected chi connectivity index (χ4v) is 3.66. The van der Waals surface area contributed by atoms with E-state index in [9.17, 15) is 0 Å². The Morgan fingerprint density at radius 1 is 0.850 bits per heavy atom. The summed E-state index contributed by atoms with van der Waals surface area (Å²) < 4.78 is 2.06. The summed E-state index contributed by atoms with van der Waals surface area (Å²) in [6, 6.07) is 14.7. The van der Waals surface area contributed by atoms with E-state index in [1.807, 2.05) is 18.2 Å². The Bertz CT molecular complexity index is 671. The van der Waals surface area contributed by atoms with Gasteiger partial charge in [-0.3, -0.25) is 0 Å². The van der Waals surface area contributed by atoms with Gasteiger partial charge in [0.25, 0.3) is 0 Å². The average molecular weight is 408 g/mol. The van der Waals surface area contributed by atoms with Gasteiger partial charge in [-0.25, -0.2) is 0 Å². The molecule has 3 heteroatoms. The lowest BCUT2D eigenvalue weighted by Gasteiger charge is -2.15. The number of rotatable bonds is 1. The van der Waals surface area contributed by atoms with Gasteiger partial charge in [-0.05, 0) is 46.3 Å². The molecule has 102 valence electrons. The van der Waals surface area contributed by atoms with Crippen LogP contribution in [-0.4, -0.2) is 8.07 Å². The van der Waals surface area contributed by atoms with Gasteiger partial charge in [-0.2, -0.15) is 0 Å². The van der Waals surface area contributed by atoms with Gasteiger partial charge in [0.05, 0.1) is 8.07 Å². The van der Waals surface area contributed by atoms with Crippen LogP contribution in [0.15, 0.2) is 51.4 Å². The maximum absolute atomic E-state index is 3.52. The third-order valence-corrected chi connectivity index (χ3v) is 6.27. The molecule has 0 saturated heterocycles. The fraction of sp³-hybridized carbons (Fsp3) is 0.176. The summed E-state index contributed by atoms with van der Waals surface area (Å²) in [5.74, 6) is 6.43. The Hall–Kier alpha value is -0.823. The quantitative estimate of drug-likeness (QED) is 0.452. The highest BCUT2D eigenvalue weighted by atomic mass is 79.9. The zero-order valence-electron chi connectivity index (χ0n) is 11.8. The monoisotopic (exact) mass is 406 g/mol. The Labute approximate surface area is 138 Å². The summed E-state index contributed by atoms with van der Waals surface area (Å²) in [6.07, 6.45) is 0. The van der Waals surface area contributed by atoms with E-state index in [4.69, 9.17) is 0 Å². The molecule has 0 saturated carbocycles. The largest absolute Gasteiger partial charge is 0.0775 e. The first kappa shape index (κ1) is 15.6. The lowest BCUT2D eigenvalue weighted by molar-refractivity contribution is 1.55. The summed E-state index contributed by atoms with van der Waals surface area (Å²) in [5, 5.41) is 1.46. The highest BCUT2D eigenvalue weighted by molar-refractivity contribution is 9.11.